The van der Waals surface area contributed by atoms with Gasteiger partial charge in [-0.1, -0.05) is 6.07 Å². The first-order valence-electron chi connectivity index (χ1n) is 12.7. The van der Waals surface area contributed by atoms with E-state index in [1.165, 1.54) is 38.5 Å². The number of hydrogen-bond acceptors (Lipinski definition) is 4. The molecule has 0 spiro atoms. The molecule has 4 saturated carbocycles. The Balaban J connectivity index is 1.14. The van der Waals surface area contributed by atoms with Crippen molar-refractivity contribution in [3.8, 4) is 0 Å². The monoisotopic (exact) mass is 449 g/mol. The lowest BCUT2D eigenvalue weighted by molar-refractivity contribution is -0.132. The van der Waals surface area contributed by atoms with E-state index in [9.17, 15) is 9.59 Å². The van der Waals surface area contributed by atoms with Crippen LogP contribution in [-0.2, 0) is 11.2 Å². The van der Waals surface area contributed by atoms with Crippen molar-refractivity contribution in [1.29, 1.82) is 0 Å². The molecule has 1 aliphatic heterocycles. The van der Waals surface area contributed by atoms with E-state index in [0.29, 0.717) is 11.1 Å². The Bertz CT molecular complexity index is 1030. The number of aromatic nitrogens is 2. The Morgan fingerprint density at radius 3 is 2.36 bits per heavy atom. The minimum absolute atomic E-state index is 0.0364. The zero-order valence-corrected chi connectivity index (χ0v) is 19.6. The number of hydrogen-bond donors (Lipinski definition) is 1. The zero-order chi connectivity index (χ0) is 22.6. The van der Waals surface area contributed by atoms with Crippen molar-refractivity contribution in [3.63, 3.8) is 0 Å². The van der Waals surface area contributed by atoms with Crippen LogP contribution in [0.5, 0.6) is 0 Å². The van der Waals surface area contributed by atoms with Gasteiger partial charge in [0.05, 0.1) is 12.1 Å². The van der Waals surface area contributed by atoms with Crippen molar-refractivity contribution < 1.29 is 9.59 Å². The SMILES string of the molecule is CN1CCN(C(=O)Cc2cn3c(C(=O)NCC45CC6CC(CC(C6)C4)C5)cccc3n2)CC1. The predicted octanol–water partition coefficient (Wildman–Crippen LogP) is 2.60. The minimum Gasteiger partial charge on any atom is -0.350 e. The number of fused-ring (bicyclic) bond motifs is 1. The van der Waals surface area contributed by atoms with E-state index in [0.717, 1.165) is 61.8 Å². The van der Waals surface area contributed by atoms with Gasteiger partial charge in [0.15, 0.2) is 0 Å². The molecule has 33 heavy (non-hydrogen) atoms. The summed E-state index contributed by atoms with van der Waals surface area (Å²) in [7, 11) is 2.08. The molecule has 4 aliphatic carbocycles. The minimum atomic E-state index is -0.0364. The summed E-state index contributed by atoms with van der Waals surface area (Å²) in [6, 6.07) is 5.64. The predicted molar refractivity (Wildman–Crippen MR) is 126 cm³/mol. The second-order valence-corrected chi connectivity index (χ2v) is 11.3. The molecule has 0 radical (unpaired) electrons. The Kier molecular flexibility index (Phi) is 5.20. The fourth-order valence-electron chi connectivity index (χ4n) is 7.52. The van der Waals surface area contributed by atoms with E-state index < -0.39 is 0 Å². The van der Waals surface area contributed by atoms with Crippen molar-refractivity contribution in [2.45, 2.75) is 44.9 Å². The van der Waals surface area contributed by atoms with Crippen LogP contribution in [0.4, 0.5) is 0 Å². The molecule has 7 rings (SSSR count). The Labute approximate surface area is 195 Å². The maximum Gasteiger partial charge on any atom is 0.268 e. The van der Waals surface area contributed by atoms with Gasteiger partial charge in [0.2, 0.25) is 5.91 Å². The normalized spacial score (nSPS) is 31.3. The van der Waals surface area contributed by atoms with Crippen LogP contribution in [0.1, 0.15) is 54.7 Å². The number of likely N-dealkylation sites (N-methyl/N-ethyl adjacent to an activating group) is 1. The van der Waals surface area contributed by atoms with Gasteiger partial charge in [0.25, 0.3) is 5.91 Å². The molecule has 0 unspecified atom stereocenters. The number of amides is 2. The third kappa shape index (κ3) is 4.05. The van der Waals surface area contributed by atoms with E-state index in [4.69, 9.17) is 0 Å². The van der Waals surface area contributed by atoms with Crippen LogP contribution in [0.15, 0.2) is 24.4 Å². The van der Waals surface area contributed by atoms with Gasteiger partial charge in [-0.15, -0.1) is 0 Å². The van der Waals surface area contributed by atoms with Crippen molar-refractivity contribution in [2.24, 2.45) is 23.2 Å². The molecule has 3 heterocycles. The number of nitrogens with zero attached hydrogens (tertiary/aromatic N) is 4. The van der Waals surface area contributed by atoms with Crippen molar-refractivity contribution in [2.75, 3.05) is 39.8 Å². The van der Waals surface area contributed by atoms with E-state index in [1.54, 1.807) is 0 Å². The first-order valence-corrected chi connectivity index (χ1v) is 12.7. The number of nitrogens with one attached hydrogen (secondary N) is 1. The van der Waals surface area contributed by atoms with Gasteiger partial charge in [-0.3, -0.25) is 14.0 Å². The molecule has 1 saturated heterocycles. The van der Waals surface area contributed by atoms with E-state index >= 15 is 0 Å². The molecule has 2 amide bonds. The highest BCUT2D eigenvalue weighted by Gasteiger charge is 2.50. The molecule has 7 nitrogen and oxygen atoms in total. The van der Waals surface area contributed by atoms with Crippen LogP contribution in [0, 0.1) is 23.2 Å². The summed E-state index contributed by atoms with van der Waals surface area (Å²) in [5, 5.41) is 3.29. The number of pyridine rings is 1. The standard InChI is InChI=1S/C26H35N5O2/c1-29-5-7-30(8-6-29)24(32)12-21-16-31-22(3-2-4-23(31)28-21)25(33)27-17-26-13-18-9-19(14-26)11-20(10-18)15-26/h2-4,16,18-20H,5-15,17H2,1H3,(H,27,33). The molecular weight excluding hydrogens is 414 g/mol. The highest BCUT2D eigenvalue weighted by atomic mass is 16.2. The lowest BCUT2D eigenvalue weighted by Crippen LogP contribution is -2.51. The molecule has 5 fully saturated rings. The van der Waals surface area contributed by atoms with E-state index in [-0.39, 0.29) is 18.2 Å². The average Bonchev–Trinajstić information content (AvgIpc) is 3.19. The first-order chi connectivity index (χ1) is 16.0. The lowest BCUT2D eigenvalue weighted by Gasteiger charge is -2.56. The zero-order valence-electron chi connectivity index (χ0n) is 19.6. The average molecular weight is 450 g/mol. The van der Waals surface area contributed by atoms with E-state index in [1.807, 2.05) is 33.7 Å². The topological polar surface area (TPSA) is 70.0 Å². The number of carbonyl (C=O) groups is 2. The molecule has 0 aromatic carbocycles. The number of rotatable bonds is 5. The molecule has 2 aromatic heterocycles. The second kappa shape index (κ2) is 8.12. The lowest BCUT2D eigenvalue weighted by atomic mass is 9.49. The third-order valence-electron chi connectivity index (χ3n) is 8.75. The smallest absolute Gasteiger partial charge is 0.268 e. The molecule has 176 valence electrons. The fourth-order valence-corrected chi connectivity index (χ4v) is 7.52. The van der Waals surface area contributed by atoms with Crippen LogP contribution in [0.3, 0.4) is 0 Å². The van der Waals surface area contributed by atoms with Crippen molar-refractivity contribution >= 4 is 17.5 Å². The molecule has 5 aliphatic rings. The summed E-state index contributed by atoms with van der Waals surface area (Å²) in [6.07, 6.45) is 10.2. The van der Waals surface area contributed by atoms with Gasteiger partial charge in [-0.2, -0.15) is 0 Å². The summed E-state index contributed by atoms with van der Waals surface area (Å²) < 4.78 is 1.85. The highest BCUT2D eigenvalue weighted by molar-refractivity contribution is 5.93. The van der Waals surface area contributed by atoms with Crippen LogP contribution in [0.2, 0.25) is 0 Å². The maximum absolute atomic E-state index is 13.2. The van der Waals surface area contributed by atoms with Crippen LogP contribution in [-0.4, -0.2) is 70.8 Å². The second-order valence-electron chi connectivity index (χ2n) is 11.3. The van der Waals surface area contributed by atoms with Crippen LogP contribution >= 0.6 is 0 Å². The Morgan fingerprint density at radius 1 is 1.03 bits per heavy atom. The molecule has 0 atom stereocenters. The summed E-state index contributed by atoms with van der Waals surface area (Å²) in [5.74, 6) is 2.71. The van der Waals surface area contributed by atoms with Gasteiger partial charge in [0.1, 0.15) is 11.3 Å². The summed E-state index contributed by atoms with van der Waals surface area (Å²) in [4.78, 5) is 34.8. The maximum atomic E-state index is 13.2. The van der Waals surface area contributed by atoms with Crippen molar-refractivity contribution in [1.82, 2.24) is 24.5 Å². The quantitative estimate of drug-likeness (QED) is 0.762. The molecular formula is C26H35N5O2. The fraction of sp³-hybridized carbons (Fsp3) is 0.654. The molecule has 2 aromatic rings. The molecule has 1 N–H and O–H groups in total. The number of imidazole rings is 1. The Hall–Kier alpha value is -2.41. The van der Waals surface area contributed by atoms with Gasteiger partial charge >= 0.3 is 0 Å². The van der Waals surface area contributed by atoms with Gasteiger partial charge in [-0.25, -0.2) is 4.98 Å². The van der Waals surface area contributed by atoms with Gasteiger partial charge in [0, 0.05) is 38.9 Å². The van der Waals surface area contributed by atoms with Gasteiger partial charge in [-0.05, 0) is 80.9 Å². The number of carbonyl (C=O) groups excluding carboxylic acids is 2. The number of piperazine rings is 1. The van der Waals surface area contributed by atoms with Gasteiger partial charge < -0.3 is 15.1 Å². The summed E-state index contributed by atoms with van der Waals surface area (Å²) in [6.45, 7) is 4.13. The summed E-state index contributed by atoms with van der Waals surface area (Å²) in [5.41, 5.74) is 2.36. The third-order valence-corrected chi connectivity index (χ3v) is 8.75. The van der Waals surface area contributed by atoms with Crippen LogP contribution < -0.4 is 5.32 Å². The summed E-state index contributed by atoms with van der Waals surface area (Å²) >= 11 is 0. The van der Waals surface area contributed by atoms with Crippen LogP contribution in [0.25, 0.3) is 5.65 Å². The van der Waals surface area contributed by atoms with E-state index in [2.05, 4.69) is 22.2 Å². The van der Waals surface area contributed by atoms with Crippen molar-refractivity contribution in [3.05, 3.63) is 35.8 Å². The molecule has 4 bridgehead atoms. The largest absolute Gasteiger partial charge is 0.350 e. The first kappa shape index (κ1) is 21.1. The highest BCUT2D eigenvalue weighted by Crippen LogP contribution is 2.59. The Morgan fingerprint density at radius 2 is 1.70 bits per heavy atom. The molecule has 7 heteroatoms.